The van der Waals surface area contributed by atoms with Gasteiger partial charge in [-0.05, 0) is 309 Å². The number of hydrogen-bond acceptors (Lipinski definition) is 17. The lowest BCUT2D eigenvalue weighted by molar-refractivity contribution is -0.154. The standard InChI is InChI=1S/C62H74N6O8.C48H52N4.C8H14O5/c1-35(73-3)46(34-57(69)75-5)60(70)67-53-13-9-7-11-44(53)32-55(67)52-31-43-24-23-41(29-50(43)63-52)47-27-37-15-19-39(47)20-16-38-18-22-40(21-17-37)48(28-38)42-25-26-49-51(30-42)65-59(64-49)56-33-45-12-8-10-14-54(45)68(56)61(71)58(36(2)74-4)66-62(72)76-6;1-2-6-34-24-39(23-33(34)5-1)48-51-43-20-19-36(26-45(43)52-48)41-22-30-10-14-31-13-9-29(11-15-32(41)16-12-30)21-40(31)35-17-18-38-28-47(50-44(38)25-35)46-27-37-7-3-4-8-42(37)49-46;1-5(12-2)6(8(10)11)4-7(9)13-3/h15,18-19,22-30,35-36,44-46,53-56,58H,7-14,16-17,20-21,31-34H2,1-6H3,(H,64,65)(H,66,72);9,12-13,16-22,25-26,33-34,37,39,42,46,49H,1-8,10-11,14-15,23-24,27-28H2,(H,51,52);5-6H,4H2,1-3H3,(H,10,11). The highest BCUT2D eigenvalue weighted by Crippen LogP contribution is 2.52. The van der Waals surface area contributed by atoms with Crippen LogP contribution in [-0.2, 0) is 117 Å². The quantitative estimate of drug-likeness (QED) is 0.0311. The molecule has 0 radical (unpaired) electrons. The molecule has 740 valence electrons. The van der Waals surface area contributed by atoms with E-state index in [0.717, 1.165) is 178 Å². The second-order valence-electron chi connectivity index (χ2n) is 42.8. The number of H-pyrrole nitrogens is 2. The van der Waals surface area contributed by atoms with Crippen molar-refractivity contribution in [2.75, 3.05) is 42.7 Å². The number of alkyl carbamates (subject to hydrolysis) is 1. The molecule has 23 heteroatoms. The van der Waals surface area contributed by atoms with Crippen molar-refractivity contribution in [3.63, 3.8) is 0 Å². The molecule has 5 saturated carbocycles. The Morgan fingerprint density at radius 2 is 0.816 bits per heavy atom. The second-order valence-corrected chi connectivity index (χ2v) is 42.8. The van der Waals surface area contributed by atoms with Gasteiger partial charge in [0.2, 0.25) is 11.8 Å². The van der Waals surface area contributed by atoms with Gasteiger partial charge >= 0.3 is 24.0 Å². The van der Waals surface area contributed by atoms with Gasteiger partial charge in [0.15, 0.2) is 0 Å². The largest absolute Gasteiger partial charge is 0.481 e. The minimum Gasteiger partial charge on any atom is -0.481 e. The van der Waals surface area contributed by atoms with E-state index in [9.17, 15) is 28.8 Å². The normalized spacial score (nSPS) is 24.8. The van der Waals surface area contributed by atoms with Crippen LogP contribution in [0.4, 0.5) is 16.2 Å². The number of nitrogens with one attached hydrogen (secondary N) is 4. The van der Waals surface area contributed by atoms with E-state index in [1.165, 1.54) is 217 Å². The number of likely N-dealkylation sites (tertiary alicyclic amines) is 2. The third-order valence-electron chi connectivity index (χ3n) is 34.7. The molecule has 23 nitrogen and oxygen atoms in total. The van der Waals surface area contributed by atoms with Crippen molar-refractivity contribution in [3.8, 4) is 44.5 Å². The lowest BCUT2D eigenvalue weighted by atomic mass is 9.82. The molecule has 3 saturated heterocycles. The van der Waals surface area contributed by atoms with Crippen molar-refractivity contribution in [1.82, 2.24) is 40.4 Å². The average molecular weight is 1910 g/mol. The average Bonchev–Trinajstić information content (AvgIpc) is 1.60. The van der Waals surface area contributed by atoms with E-state index >= 15 is 0 Å². The summed E-state index contributed by atoms with van der Waals surface area (Å²) in [6, 6.07) is 56.0. The number of hydrogen-bond donors (Lipinski definition) is 5. The fourth-order valence-corrected chi connectivity index (χ4v) is 26.5. The first-order chi connectivity index (χ1) is 68.6. The van der Waals surface area contributed by atoms with E-state index in [1.54, 1.807) is 28.1 Å². The number of carboxylic acids is 1. The number of benzene rings is 8. The van der Waals surface area contributed by atoms with Gasteiger partial charge in [-0.3, -0.25) is 34.0 Å². The van der Waals surface area contributed by atoms with Crippen molar-refractivity contribution < 1.29 is 62.3 Å². The number of aliphatic imine (C=N–C) groups is 2. The topological polar surface area (TPSA) is 291 Å². The monoisotopic (exact) mass is 1910 g/mol. The van der Waals surface area contributed by atoms with E-state index < -0.39 is 60.2 Å². The van der Waals surface area contributed by atoms with Crippen molar-refractivity contribution in [3.05, 3.63) is 213 Å². The molecule has 7 heterocycles. The maximum absolute atomic E-state index is 14.7. The Morgan fingerprint density at radius 3 is 1.30 bits per heavy atom. The van der Waals surface area contributed by atoms with Crippen molar-refractivity contribution in [2.24, 2.45) is 51.4 Å². The van der Waals surface area contributed by atoms with Gasteiger partial charge in [0.25, 0.3) is 0 Å². The summed E-state index contributed by atoms with van der Waals surface area (Å²) in [5, 5.41) is 15.5. The number of carboxylic acid groups (broad SMARTS) is 1. The summed E-state index contributed by atoms with van der Waals surface area (Å²) in [5.74, 6) is 2.39. The Balaban J connectivity index is 0.000000161. The van der Waals surface area contributed by atoms with Crippen LogP contribution in [0.5, 0.6) is 0 Å². The van der Waals surface area contributed by atoms with Crippen LogP contribution in [0.25, 0.3) is 66.6 Å². The fraction of sp³-hybridized carbons (Fsp3) is 0.508. The molecule has 10 aromatic rings. The first-order valence-corrected chi connectivity index (χ1v) is 52.7. The molecular formula is C118H140N10O13. The summed E-state index contributed by atoms with van der Waals surface area (Å²) in [4.78, 5) is 108. The minimum atomic E-state index is -1.06. The van der Waals surface area contributed by atoms with Gasteiger partial charge in [-0.15, -0.1) is 0 Å². The molecule has 3 amide bonds. The molecule has 17 atom stereocenters. The zero-order chi connectivity index (χ0) is 97.4. The Labute approximate surface area is 829 Å². The summed E-state index contributed by atoms with van der Waals surface area (Å²) in [6.45, 7) is 5.27. The van der Waals surface area contributed by atoms with Gasteiger partial charge in [-0.1, -0.05) is 173 Å². The molecule has 8 bridgehead atoms. The SMILES string of the molecule is COC(=O)CC(C(=O)N1C(C2=Nc3cc(-c4cc5ccc4CCc4ccc(c(-c6ccc7nc(C8CC9CCCCC9N8C(=O)C(NC(=O)OC)C(C)OC)[nH]c7c6)c4)CC5)ccc3C2)CC2CCCCC21)C(C)OC.COC(=O)CC(C(=O)O)C(C)OC.c1cc2c(-c3ccc4c(c3)N=C(C3CC5CCCCC5N3)C4)cc1CCc1ccc(cc1-c1ccc3nc(C4CC5CCCCC5C4)[nH]c3c1)CC2. The maximum atomic E-state index is 14.7. The number of aromatic amines is 2. The van der Waals surface area contributed by atoms with Crippen LogP contribution in [0.2, 0.25) is 0 Å². The summed E-state index contributed by atoms with van der Waals surface area (Å²) in [7, 11) is 8.45. The van der Waals surface area contributed by atoms with Crippen molar-refractivity contribution >= 4 is 80.7 Å². The van der Waals surface area contributed by atoms with Crippen LogP contribution >= 0.6 is 0 Å². The number of carbonyl (C=O) groups excluding carboxylic acids is 5. The number of aryl methyl sites for hydroxylation is 8. The van der Waals surface area contributed by atoms with Gasteiger partial charge in [-0.25, -0.2) is 14.8 Å². The molecule has 13 aliphatic carbocycles. The molecule has 17 unspecified atom stereocenters. The lowest BCUT2D eigenvalue weighted by Crippen LogP contribution is -2.56. The molecule has 8 aromatic carbocycles. The predicted molar refractivity (Wildman–Crippen MR) is 550 cm³/mol. The number of amides is 3. The Kier molecular flexibility index (Phi) is 29.3. The molecule has 0 spiro atoms. The van der Waals surface area contributed by atoms with Crippen LogP contribution < -0.4 is 10.6 Å². The number of carbonyl (C=O) groups is 6. The fourth-order valence-electron chi connectivity index (χ4n) is 26.5. The van der Waals surface area contributed by atoms with Crippen LogP contribution in [0.1, 0.15) is 248 Å². The minimum absolute atomic E-state index is 0.0113. The van der Waals surface area contributed by atoms with E-state index in [0.29, 0.717) is 36.3 Å². The smallest absolute Gasteiger partial charge is 0.407 e. The summed E-state index contributed by atoms with van der Waals surface area (Å²) in [6.07, 6.45) is 32.4. The highest BCUT2D eigenvalue weighted by molar-refractivity contribution is 6.02. The highest BCUT2D eigenvalue weighted by atomic mass is 16.5. The number of aromatic nitrogens is 4. The van der Waals surface area contributed by atoms with E-state index in [2.05, 4.69) is 176 Å². The summed E-state index contributed by atoms with van der Waals surface area (Å²) < 4.78 is 30.5. The number of nitrogens with zero attached hydrogens (tertiary/aromatic N) is 6. The van der Waals surface area contributed by atoms with E-state index in [4.69, 9.17) is 48.7 Å². The zero-order valence-corrected chi connectivity index (χ0v) is 83.6. The number of ether oxygens (including phenoxy) is 6. The van der Waals surface area contributed by atoms with Gasteiger partial charge < -0.3 is 63.9 Å². The number of methoxy groups -OCH3 is 6. The van der Waals surface area contributed by atoms with Gasteiger partial charge in [0.05, 0.1) is 110 Å². The molecule has 28 rings (SSSR count). The molecule has 5 aliphatic heterocycles. The predicted octanol–water partition coefficient (Wildman–Crippen LogP) is 21.7. The van der Waals surface area contributed by atoms with Crippen LogP contribution in [0.15, 0.2) is 156 Å². The van der Waals surface area contributed by atoms with Crippen LogP contribution in [0.3, 0.4) is 0 Å². The molecule has 8 fully saturated rings. The first-order valence-electron chi connectivity index (χ1n) is 52.7. The number of aliphatic carboxylic acids is 1. The third kappa shape index (κ3) is 20.5. The van der Waals surface area contributed by atoms with Gasteiger partial charge in [-0.2, -0.15) is 0 Å². The second kappa shape index (κ2) is 42.6. The van der Waals surface area contributed by atoms with E-state index in [1.807, 2.05) is 11.8 Å². The molecular weight excluding hydrogens is 1770 g/mol. The molecule has 141 heavy (non-hydrogen) atoms. The third-order valence-corrected chi connectivity index (χ3v) is 34.7. The number of esters is 2. The Hall–Kier alpha value is -11.5. The first kappa shape index (κ1) is 97.0. The van der Waals surface area contributed by atoms with Crippen LogP contribution in [0, 0.1) is 41.4 Å². The summed E-state index contributed by atoms with van der Waals surface area (Å²) >= 11 is 0. The van der Waals surface area contributed by atoms with Crippen LogP contribution in [-0.4, -0.2) is 179 Å². The molecule has 18 aliphatic rings. The van der Waals surface area contributed by atoms with E-state index in [-0.39, 0.29) is 48.8 Å². The van der Waals surface area contributed by atoms with Crippen molar-refractivity contribution in [2.45, 2.75) is 299 Å². The Bertz CT molecular complexity index is 6380. The number of fused-ring (bicyclic) bond motifs is 8. The number of imidazole rings is 2. The van der Waals surface area contributed by atoms with Gasteiger partial charge in [0, 0.05) is 75.7 Å². The van der Waals surface area contributed by atoms with Gasteiger partial charge in [0.1, 0.15) is 17.7 Å². The lowest BCUT2D eigenvalue weighted by Gasteiger charge is -2.37. The van der Waals surface area contributed by atoms with Crippen molar-refractivity contribution in [1.29, 1.82) is 0 Å². The summed E-state index contributed by atoms with van der Waals surface area (Å²) in [5.41, 5.74) is 32.3. The maximum Gasteiger partial charge on any atom is 0.407 e. The zero-order valence-electron chi connectivity index (χ0n) is 83.6. The number of rotatable bonds is 22. The molecule has 2 aromatic heterocycles. The Morgan fingerprint density at radius 1 is 0.404 bits per heavy atom. The molecule has 5 N–H and O–H groups in total. The highest BCUT2D eigenvalue weighted by Gasteiger charge is 2.52.